The molecular weight excluding hydrogens is 264 g/mol. The number of ether oxygens (including phenoxy) is 1. The summed E-state index contributed by atoms with van der Waals surface area (Å²) in [6.07, 6.45) is 5.72. The second-order valence-corrected chi connectivity index (χ2v) is 6.14. The maximum atomic E-state index is 12.6. The molecule has 0 saturated carbocycles. The van der Waals surface area contributed by atoms with E-state index in [4.69, 9.17) is 7.48 Å². The fourth-order valence-corrected chi connectivity index (χ4v) is 3.78. The first kappa shape index (κ1) is 10.9. The number of esters is 1. The number of aromatic amines is 1. The van der Waals surface area contributed by atoms with Crippen LogP contribution in [0, 0.1) is 0 Å². The first-order valence-corrected chi connectivity index (χ1v) is 7.54. The van der Waals surface area contributed by atoms with Crippen LogP contribution < -0.4 is 0 Å². The Hall–Kier alpha value is -1.81. The van der Waals surface area contributed by atoms with Crippen LogP contribution in [0.1, 0.15) is 38.8 Å². The fourth-order valence-electron chi connectivity index (χ4n) is 3.78. The lowest BCUT2D eigenvalue weighted by atomic mass is 10.0. The molecule has 2 bridgehead atoms. The second-order valence-electron chi connectivity index (χ2n) is 6.14. The molecule has 1 aromatic heterocycles. The maximum Gasteiger partial charge on any atom is 0.340 e. The van der Waals surface area contributed by atoms with E-state index in [9.17, 15) is 4.79 Å². The van der Waals surface area contributed by atoms with Crippen molar-refractivity contribution in [1.82, 2.24) is 9.88 Å². The summed E-state index contributed by atoms with van der Waals surface area (Å²) in [5.74, 6) is -0.364. The van der Waals surface area contributed by atoms with Crippen LogP contribution in [0.4, 0.5) is 0 Å². The molecule has 2 saturated heterocycles. The molecule has 0 spiro atoms. The van der Waals surface area contributed by atoms with Gasteiger partial charge >= 0.3 is 5.97 Å². The minimum Gasteiger partial charge on any atom is -0.459 e. The van der Waals surface area contributed by atoms with Crippen LogP contribution in [-0.2, 0) is 4.74 Å². The van der Waals surface area contributed by atoms with Crippen molar-refractivity contribution in [2.45, 2.75) is 43.9 Å². The monoisotopic (exact) mass is 286 g/mol. The molecule has 3 heterocycles. The van der Waals surface area contributed by atoms with Gasteiger partial charge in [-0.1, -0.05) is 18.2 Å². The van der Waals surface area contributed by atoms with Crippen LogP contribution in [0.3, 0.4) is 0 Å². The third-order valence-electron chi connectivity index (χ3n) is 4.99. The number of nitrogens with zero attached hydrogens (tertiary/aromatic N) is 1. The van der Waals surface area contributed by atoms with Crippen LogP contribution >= 0.6 is 0 Å². The van der Waals surface area contributed by atoms with Crippen molar-refractivity contribution in [2.75, 3.05) is 7.05 Å². The molecule has 0 amide bonds. The highest BCUT2D eigenvalue weighted by molar-refractivity contribution is 6.04. The first-order valence-electron chi connectivity index (χ1n) is 8.54. The van der Waals surface area contributed by atoms with Gasteiger partial charge in [-0.3, -0.25) is 0 Å². The Morgan fingerprint density at radius 3 is 2.95 bits per heavy atom. The van der Waals surface area contributed by atoms with Gasteiger partial charge in [0.15, 0.2) is 0 Å². The van der Waals surface area contributed by atoms with Crippen molar-refractivity contribution in [2.24, 2.45) is 0 Å². The molecule has 1 aromatic carbocycles. The van der Waals surface area contributed by atoms with E-state index in [2.05, 4.69) is 16.9 Å². The molecule has 2 fully saturated rings. The molecule has 1 N–H and O–H groups in total. The molecule has 3 atom stereocenters. The van der Waals surface area contributed by atoms with E-state index in [0.29, 0.717) is 28.6 Å². The molecule has 110 valence electrons. The van der Waals surface area contributed by atoms with Crippen LogP contribution in [0.25, 0.3) is 10.9 Å². The quantitative estimate of drug-likeness (QED) is 0.863. The van der Waals surface area contributed by atoms with E-state index in [-0.39, 0.29) is 24.2 Å². The van der Waals surface area contributed by atoms with Gasteiger partial charge in [0.05, 0.1) is 8.30 Å². The summed E-state index contributed by atoms with van der Waals surface area (Å²) in [5, 5.41) is 0.543. The number of nitrogens with one attached hydrogen (secondary N) is 1. The third-order valence-corrected chi connectivity index (χ3v) is 4.99. The minimum atomic E-state index is -0.364. The van der Waals surface area contributed by atoms with Gasteiger partial charge in [0.1, 0.15) is 6.10 Å². The molecule has 4 nitrogen and oxygen atoms in total. The van der Waals surface area contributed by atoms with Gasteiger partial charge in [-0.05, 0) is 26.0 Å². The zero-order valence-corrected chi connectivity index (χ0v) is 12.1. The molecule has 0 radical (unpaired) electrons. The topological polar surface area (TPSA) is 45.3 Å². The summed E-state index contributed by atoms with van der Waals surface area (Å²) in [6, 6.07) is 4.56. The number of piperidine rings is 1. The van der Waals surface area contributed by atoms with Crippen molar-refractivity contribution in [1.29, 1.82) is 0 Å². The van der Waals surface area contributed by atoms with Crippen LogP contribution in [0.5, 0.6) is 0 Å². The van der Waals surface area contributed by atoms with Gasteiger partial charge in [-0.15, -0.1) is 0 Å². The lowest BCUT2D eigenvalue weighted by molar-refractivity contribution is -0.000258. The van der Waals surface area contributed by atoms with E-state index >= 15 is 0 Å². The standard InChI is InChI=1S/C17H20N2O2/c1-19-11-6-7-12(19)9-13(8-11)21-17(20)15-10-18-16-5-3-2-4-14(15)16/h2-5,10-13,18H,6-9H2,1H3/t11-,12?,13?/m1/s1/i3D,4D. The molecule has 2 aliphatic rings. The summed E-state index contributed by atoms with van der Waals surface area (Å²) < 4.78 is 21.4. The van der Waals surface area contributed by atoms with Crippen molar-refractivity contribution >= 4 is 16.9 Å². The summed E-state index contributed by atoms with van der Waals surface area (Å²) in [4.78, 5) is 17.9. The highest BCUT2D eigenvalue weighted by atomic mass is 16.5. The normalized spacial score (nSPS) is 30.2. The number of benzene rings is 1. The first-order chi connectivity index (χ1) is 11.0. The Kier molecular flexibility index (Phi) is 2.52. The average molecular weight is 286 g/mol. The summed E-state index contributed by atoms with van der Waals surface area (Å²) >= 11 is 0. The second kappa shape index (κ2) is 4.88. The average Bonchev–Trinajstić information content (AvgIpc) is 2.98. The van der Waals surface area contributed by atoms with Crippen LogP contribution in [0.15, 0.2) is 30.4 Å². The number of H-pyrrole nitrogens is 1. The molecule has 2 aliphatic heterocycles. The number of carbonyl (C=O) groups excluding carboxylic acids is 1. The lowest BCUT2D eigenvalue weighted by Crippen LogP contribution is -2.43. The largest absolute Gasteiger partial charge is 0.459 e. The molecule has 2 unspecified atom stereocenters. The Bertz CT molecular complexity index is 759. The van der Waals surface area contributed by atoms with Gasteiger partial charge in [-0.25, -0.2) is 4.79 Å². The maximum absolute atomic E-state index is 12.6. The van der Waals surface area contributed by atoms with Crippen molar-refractivity contribution in [3.05, 3.63) is 36.0 Å². The molecular formula is C17H20N2O2. The highest BCUT2D eigenvalue weighted by Gasteiger charge is 2.40. The molecule has 4 rings (SSSR count). The predicted molar refractivity (Wildman–Crippen MR) is 81.3 cm³/mol. The summed E-state index contributed by atoms with van der Waals surface area (Å²) in [7, 11) is 2.16. The number of para-hydroxylation sites is 1. The zero-order chi connectivity index (χ0) is 16.1. The highest BCUT2D eigenvalue weighted by Crippen LogP contribution is 2.35. The molecule has 2 aromatic rings. The van der Waals surface area contributed by atoms with Gasteiger partial charge in [0.25, 0.3) is 0 Å². The minimum absolute atomic E-state index is 0.0363. The van der Waals surface area contributed by atoms with E-state index in [1.54, 1.807) is 12.3 Å². The van der Waals surface area contributed by atoms with E-state index in [1.807, 2.05) is 0 Å². The van der Waals surface area contributed by atoms with Gasteiger partial charge in [-0.2, -0.15) is 0 Å². The van der Waals surface area contributed by atoms with Gasteiger partial charge < -0.3 is 14.6 Å². The SMILES string of the molecule is [2H]c1cc([2H])c2c(C(=O)OC3CC4CC[C@H](C3)N4C)c[nH]c2c1. The molecule has 0 aliphatic carbocycles. The smallest absolute Gasteiger partial charge is 0.340 e. The number of rotatable bonds is 2. The van der Waals surface area contributed by atoms with Gasteiger partial charge in [0, 0.05) is 42.0 Å². The van der Waals surface area contributed by atoms with E-state index in [1.165, 1.54) is 18.9 Å². The van der Waals surface area contributed by atoms with Crippen molar-refractivity contribution < 1.29 is 12.3 Å². The van der Waals surface area contributed by atoms with Gasteiger partial charge in [0.2, 0.25) is 0 Å². The van der Waals surface area contributed by atoms with E-state index in [0.717, 1.165) is 12.8 Å². The predicted octanol–water partition coefficient (Wildman–Crippen LogP) is 2.95. The molecule has 21 heavy (non-hydrogen) atoms. The number of fused-ring (bicyclic) bond motifs is 3. The summed E-state index contributed by atoms with van der Waals surface area (Å²) in [6.45, 7) is 0. The number of hydrogen-bond acceptors (Lipinski definition) is 3. The summed E-state index contributed by atoms with van der Waals surface area (Å²) in [5.41, 5.74) is 1.04. The number of hydrogen-bond donors (Lipinski definition) is 1. The molecule has 4 heteroatoms. The van der Waals surface area contributed by atoms with Crippen molar-refractivity contribution in [3.8, 4) is 0 Å². The Morgan fingerprint density at radius 1 is 1.43 bits per heavy atom. The van der Waals surface area contributed by atoms with Crippen LogP contribution in [0.2, 0.25) is 0 Å². The van der Waals surface area contributed by atoms with Crippen LogP contribution in [-0.4, -0.2) is 41.1 Å². The number of aromatic nitrogens is 1. The number of carbonyl (C=O) groups is 1. The fraction of sp³-hybridized carbons (Fsp3) is 0.471. The Morgan fingerprint density at radius 2 is 2.19 bits per heavy atom. The zero-order valence-electron chi connectivity index (χ0n) is 14.1. The Labute approximate surface area is 126 Å². The third kappa shape index (κ3) is 2.14. The van der Waals surface area contributed by atoms with E-state index < -0.39 is 0 Å². The Balaban J connectivity index is 1.56. The lowest BCUT2D eigenvalue weighted by Gasteiger charge is -2.35. The van der Waals surface area contributed by atoms with Crippen molar-refractivity contribution in [3.63, 3.8) is 0 Å².